The second-order valence-corrected chi connectivity index (χ2v) is 19.1. The average Bonchev–Trinajstić information content (AvgIpc) is 2.95. The molecule has 1 spiro atoms. The number of fused-ring (bicyclic) bond motifs is 4. The van der Waals surface area contributed by atoms with Gasteiger partial charge < -0.3 is 15.0 Å². The maximum absolute atomic E-state index is 15.5. The van der Waals surface area contributed by atoms with Crippen molar-refractivity contribution in [3.8, 4) is 0 Å². The van der Waals surface area contributed by atoms with Gasteiger partial charge in [0.25, 0.3) is 0 Å². The zero-order valence-corrected chi connectivity index (χ0v) is 29.4. The van der Waals surface area contributed by atoms with Crippen LogP contribution in [-0.4, -0.2) is 39.3 Å². The number of ketones is 2. The molecule has 2 bridgehead atoms. The number of aldehydes is 1. The van der Waals surface area contributed by atoms with Crippen LogP contribution in [0.5, 0.6) is 0 Å². The van der Waals surface area contributed by atoms with Crippen molar-refractivity contribution in [3.05, 3.63) is 22.8 Å². The van der Waals surface area contributed by atoms with E-state index in [0.29, 0.717) is 18.8 Å². The van der Waals surface area contributed by atoms with E-state index in [9.17, 15) is 19.8 Å². The van der Waals surface area contributed by atoms with Gasteiger partial charge in [-0.1, -0.05) is 86.3 Å². The van der Waals surface area contributed by atoms with Crippen LogP contribution in [0, 0.1) is 68.5 Å². The van der Waals surface area contributed by atoms with E-state index in [4.69, 9.17) is 0 Å². The van der Waals surface area contributed by atoms with Crippen LogP contribution in [0.4, 0.5) is 0 Å². The Kier molecular flexibility index (Phi) is 6.61. The highest BCUT2D eigenvalue weighted by Crippen LogP contribution is 2.80. The van der Waals surface area contributed by atoms with Crippen molar-refractivity contribution >= 4 is 17.9 Å². The van der Waals surface area contributed by atoms with Crippen LogP contribution in [0.3, 0.4) is 0 Å². The summed E-state index contributed by atoms with van der Waals surface area (Å²) < 4.78 is 0. The average molecular weight is 619 g/mol. The summed E-state index contributed by atoms with van der Waals surface area (Å²) in [5.74, 6) is -2.69. The SMILES string of the molecule is CC(C)[C@@]1(O)C(=O)C2C3=C(CC[C@H]4C(C)(C)CCC[C@]34C=O)[C@@H]1[C@H]1C23CC[C@H]2C(C)(C)CCC[C@]2(C)C3=CC(=O)[C@]1(O)C(C)C. The second kappa shape index (κ2) is 9.30. The minimum Gasteiger partial charge on any atom is -0.381 e. The lowest BCUT2D eigenvalue weighted by Gasteiger charge is -2.75. The van der Waals surface area contributed by atoms with Gasteiger partial charge in [0.1, 0.15) is 17.5 Å². The molecule has 0 aromatic heterocycles. The van der Waals surface area contributed by atoms with Crippen LogP contribution in [0.15, 0.2) is 22.8 Å². The van der Waals surface area contributed by atoms with Crippen LogP contribution in [0.25, 0.3) is 0 Å². The first kappa shape index (κ1) is 32.0. The first-order valence-electron chi connectivity index (χ1n) is 18.3. The minimum absolute atomic E-state index is 0.0419. The first-order chi connectivity index (χ1) is 20.8. The van der Waals surface area contributed by atoms with Gasteiger partial charge in [0.2, 0.25) is 0 Å². The first-order valence-corrected chi connectivity index (χ1v) is 18.3. The lowest BCUT2D eigenvalue weighted by atomic mass is 9.28. The Balaban J connectivity index is 1.60. The number of carbonyl (C=O) groups excluding carboxylic acids is 3. The monoisotopic (exact) mass is 618 g/mol. The van der Waals surface area contributed by atoms with Gasteiger partial charge in [-0.3, -0.25) is 9.59 Å². The number of aliphatic hydroxyl groups is 2. The molecule has 0 aliphatic heterocycles. The molecule has 0 heterocycles. The minimum atomic E-state index is -1.71. The fraction of sp³-hybridized carbons (Fsp3) is 0.825. The fourth-order valence-electron chi connectivity index (χ4n) is 14.2. The van der Waals surface area contributed by atoms with E-state index in [1.54, 1.807) is 0 Å². The second-order valence-electron chi connectivity index (χ2n) is 19.1. The molecule has 248 valence electrons. The van der Waals surface area contributed by atoms with Crippen molar-refractivity contribution in [3.63, 3.8) is 0 Å². The molecule has 0 amide bonds. The van der Waals surface area contributed by atoms with Gasteiger partial charge in [-0.2, -0.15) is 0 Å². The highest BCUT2D eigenvalue weighted by molar-refractivity contribution is 6.04. The number of carbonyl (C=O) groups is 3. The summed E-state index contributed by atoms with van der Waals surface area (Å²) in [5, 5.41) is 25.9. The quantitative estimate of drug-likeness (QED) is 0.254. The third-order valence-corrected chi connectivity index (χ3v) is 16.0. The van der Waals surface area contributed by atoms with Crippen molar-refractivity contribution in [1.29, 1.82) is 0 Å². The highest BCUT2D eigenvalue weighted by atomic mass is 16.3. The molecule has 8 aliphatic rings. The van der Waals surface area contributed by atoms with E-state index >= 15 is 4.79 Å². The summed E-state index contributed by atoms with van der Waals surface area (Å²) in [5.41, 5.74) is -2.08. The van der Waals surface area contributed by atoms with Crippen molar-refractivity contribution in [2.75, 3.05) is 0 Å². The molecule has 5 heteroatoms. The standard InChI is InChI=1S/C40H58O5/c1-22(2)39(44)28(42)20-27-36(9)17-10-15-34(5,6)25(36)14-19-38(27)31-29-24(30(32(38)39)40(45,23(3)4)33(31)43)12-13-26-35(7,8)16-11-18-37(26,29)21-41/h20-23,25-26,30-32,44-45H,10-19H2,1-9H3/t25-,26-,30+,31?,32-,36-,37+,38?,39+,40-/m0/s1. The molecule has 4 saturated carbocycles. The molecule has 2 N–H and O–H groups in total. The van der Waals surface area contributed by atoms with E-state index in [-0.39, 0.29) is 33.7 Å². The van der Waals surface area contributed by atoms with E-state index in [1.807, 2.05) is 33.8 Å². The summed E-state index contributed by atoms with van der Waals surface area (Å²) in [4.78, 5) is 43.9. The molecule has 0 radical (unpaired) electrons. The maximum atomic E-state index is 15.5. The van der Waals surface area contributed by atoms with Crippen molar-refractivity contribution in [1.82, 2.24) is 0 Å². The lowest BCUT2D eigenvalue weighted by Crippen LogP contribution is -2.79. The number of hydrogen-bond donors (Lipinski definition) is 2. The predicted molar refractivity (Wildman–Crippen MR) is 175 cm³/mol. The van der Waals surface area contributed by atoms with Crippen molar-refractivity contribution in [2.45, 2.75) is 138 Å². The molecule has 0 aromatic rings. The molecule has 45 heavy (non-hydrogen) atoms. The maximum Gasteiger partial charge on any atom is 0.187 e. The van der Waals surface area contributed by atoms with Crippen LogP contribution in [0.1, 0.15) is 127 Å². The molecule has 8 rings (SSSR count). The van der Waals surface area contributed by atoms with E-state index in [0.717, 1.165) is 68.1 Å². The molecule has 0 aromatic carbocycles. The van der Waals surface area contributed by atoms with Gasteiger partial charge >= 0.3 is 0 Å². The summed E-state index contributed by atoms with van der Waals surface area (Å²) in [6.07, 6.45) is 12.1. The van der Waals surface area contributed by atoms with Crippen LogP contribution in [0.2, 0.25) is 0 Å². The Hall–Kier alpha value is -1.59. The lowest BCUT2D eigenvalue weighted by molar-refractivity contribution is -0.232. The summed E-state index contributed by atoms with van der Waals surface area (Å²) in [6, 6.07) is 0. The predicted octanol–water partition coefficient (Wildman–Crippen LogP) is 7.43. The zero-order chi connectivity index (χ0) is 32.9. The Labute approximate surface area is 271 Å². The molecule has 0 saturated heterocycles. The van der Waals surface area contributed by atoms with Gasteiger partial charge in [0.05, 0.1) is 11.3 Å². The Morgan fingerprint density at radius 2 is 1.40 bits per heavy atom. The summed E-state index contributed by atoms with van der Waals surface area (Å²) in [6.45, 7) is 19.4. The summed E-state index contributed by atoms with van der Waals surface area (Å²) in [7, 11) is 0. The van der Waals surface area contributed by atoms with E-state index in [1.165, 1.54) is 6.29 Å². The largest absolute Gasteiger partial charge is 0.381 e. The van der Waals surface area contributed by atoms with E-state index in [2.05, 4.69) is 34.6 Å². The Morgan fingerprint density at radius 3 is 2.00 bits per heavy atom. The van der Waals surface area contributed by atoms with Gasteiger partial charge in [-0.15, -0.1) is 0 Å². The molecular weight excluding hydrogens is 560 g/mol. The molecule has 8 aliphatic carbocycles. The van der Waals surface area contributed by atoms with E-state index < -0.39 is 51.6 Å². The highest BCUT2D eigenvalue weighted by Gasteiger charge is 2.81. The van der Waals surface area contributed by atoms with Crippen LogP contribution in [-0.2, 0) is 14.4 Å². The number of hydrogen-bond acceptors (Lipinski definition) is 5. The molecule has 10 atom stereocenters. The van der Waals surface area contributed by atoms with Gasteiger partial charge in [-0.05, 0) is 103 Å². The number of allylic oxidation sites excluding steroid dienone is 2. The Morgan fingerprint density at radius 1 is 0.800 bits per heavy atom. The van der Waals surface area contributed by atoms with Gasteiger partial charge in [0, 0.05) is 17.3 Å². The normalized spacial score (nSPS) is 49.5. The van der Waals surface area contributed by atoms with Gasteiger partial charge in [-0.25, -0.2) is 0 Å². The van der Waals surface area contributed by atoms with Gasteiger partial charge in [0.15, 0.2) is 11.6 Å². The topological polar surface area (TPSA) is 91.7 Å². The summed E-state index contributed by atoms with van der Waals surface area (Å²) >= 11 is 0. The number of Topliss-reactive ketones (excluding diaryl/α,β-unsaturated/α-hetero) is 1. The zero-order valence-electron chi connectivity index (χ0n) is 29.4. The fourth-order valence-corrected chi connectivity index (χ4v) is 14.2. The van der Waals surface area contributed by atoms with Crippen LogP contribution >= 0.6 is 0 Å². The molecule has 5 nitrogen and oxygen atoms in total. The third-order valence-electron chi connectivity index (χ3n) is 16.0. The molecule has 4 fully saturated rings. The molecule has 2 unspecified atom stereocenters. The van der Waals surface area contributed by atoms with Crippen molar-refractivity contribution in [2.24, 2.45) is 68.5 Å². The van der Waals surface area contributed by atoms with Crippen molar-refractivity contribution < 1.29 is 24.6 Å². The molecular formula is C40H58O5. The Bertz CT molecular complexity index is 1430. The third kappa shape index (κ3) is 3.41. The number of rotatable bonds is 3. The smallest absolute Gasteiger partial charge is 0.187 e. The van der Waals surface area contributed by atoms with Crippen LogP contribution < -0.4 is 0 Å².